The predicted octanol–water partition coefficient (Wildman–Crippen LogP) is -0.193. The van der Waals surface area contributed by atoms with Crippen LogP contribution in [0.25, 0.3) is 0 Å². The fraction of sp³-hybridized carbons (Fsp3) is 0.286. The van der Waals surface area contributed by atoms with Crippen molar-refractivity contribution >= 4 is 33.7 Å². The molecule has 0 N–H and O–H groups in total. The molecule has 0 unspecified atom stereocenters. The van der Waals surface area contributed by atoms with Crippen molar-refractivity contribution in [3.63, 3.8) is 0 Å². The maximum absolute atomic E-state index is 10.9. The molecular formula is C7H6BrNO4. The third-order valence-corrected chi connectivity index (χ3v) is 1.82. The van der Waals surface area contributed by atoms with E-state index in [9.17, 15) is 14.4 Å². The summed E-state index contributed by atoms with van der Waals surface area (Å²) in [4.78, 5) is 33.3. The minimum Gasteiger partial charge on any atom is -0.443 e. The van der Waals surface area contributed by atoms with Gasteiger partial charge in [0.15, 0.2) is 6.73 Å². The number of ether oxygens (including phenoxy) is 1. The first-order valence-corrected chi connectivity index (χ1v) is 4.52. The Morgan fingerprint density at radius 1 is 1.38 bits per heavy atom. The average Bonchev–Trinajstić information content (AvgIpc) is 2.43. The van der Waals surface area contributed by atoms with Gasteiger partial charge in [-0.3, -0.25) is 14.4 Å². The molecule has 0 atom stereocenters. The molecule has 6 heteroatoms. The van der Waals surface area contributed by atoms with Crippen molar-refractivity contribution in [2.75, 3.05) is 12.1 Å². The molecule has 1 heterocycles. The number of amides is 2. The number of halogens is 1. The standard InChI is InChI=1S/C7H6BrNO4/c8-3-7(12)13-4-9-5(10)1-2-6(9)11/h1-2H,3-4H2. The molecule has 0 aromatic heterocycles. The van der Waals surface area contributed by atoms with E-state index in [4.69, 9.17) is 0 Å². The number of carbonyl (C=O) groups is 3. The first kappa shape index (κ1) is 9.91. The van der Waals surface area contributed by atoms with Crippen molar-refractivity contribution in [1.29, 1.82) is 0 Å². The van der Waals surface area contributed by atoms with Gasteiger partial charge in [0.1, 0.15) is 5.33 Å². The smallest absolute Gasteiger partial charge is 0.318 e. The highest BCUT2D eigenvalue weighted by molar-refractivity contribution is 9.09. The lowest BCUT2D eigenvalue weighted by atomic mass is 10.6. The summed E-state index contributed by atoms with van der Waals surface area (Å²) in [6.07, 6.45) is 2.26. The summed E-state index contributed by atoms with van der Waals surface area (Å²) >= 11 is 2.88. The summed E-state index contributed by atoms with van der Waals surface area (Å²) in [5.41, 5.74) is 0. The summed E-state index contributed by atoms with van der Waals surface area (Å²) in [7, 11) is 0. The van der Waals surface area contributed by atoms with Crippen LogP contribution in [0, 0.1) is 0 Å². The van der Waals surface area contributed by atoms with Crippen LogP contribution in [0.4, 0.5) is 0 Å². The molecule has 0 saturated heterocycles. The Hall–Kier alpha value is -1.17. The Kier molecular flexibility index (Phi) is 3.18. The Labute approximate surface area is 82.5 Å². The second-order valence-corrected chi connectivity index (χ2v) is 2.78. The minimum atomic E-state index is -0.521. The largest absolute Gasteiger partial charge is 0.443 e. The van der Waals surface area contributed by atoms with Crippen molar-refractivity contribution in [1.82, 2.24) is 4.90 Å². The Bertz CT molecular complexity index is 268. The zero-order valence-electron chi connectivity index (χ0n) is 6.53. The molecule has 0 spiro atoms. The summed E-state index contributed by atoms with van der Waals surface area (Å²) in [5, 5.41) is 0.0383. The van der Waals surface area contributed by atoms with Crippen LogP contribution in [0.2, 0.25) is 0 Å². The van der Waals surface area contributed by atoms with Crippen molar-refractivity contribution in [3.05, 3.63) is 12.2 Å². The van der Waals surface area contributed by atoms with E-state index >= 15 is 0 Å². The van der Waals surface area contributed by atoms with Gasteiger partial charge < -0.3 is 4.74 Å². The predicted molar refractivity (Wildman–Crippen MR) is 45.7 cm³/mol. The lowest BCUT2D eigenvalue weighted by molar-refractivity contribution is -0.152. The lowest BCUT2D eigenvalue weighted by Crippen LogP contribution is -2.33. The Morgan fingerprint density at radius 2 is 1.92 bits per heavy atom. The second-order valence-electron chi connectivity index (χ2n) is 2.22. The lowest BCUT2D eigenvalue weighted by Gasteiger charge is -2.12. The van der Waals surface area contributed by atoms with Gasteiger partial charge in [-0.2, -0.15) is 0 Å². The highest BCUT2D eigenvalue weighted by Crippen LogP contribution is 2.03. The van der Waals surface area contributed by atoms with Crippen molar-refractivity contribution in [2.24, 2.45) is 0 Å². The van der Waals surface area contributed by atoms with Crippen LogP contribution in [-0.4, -0.2) is 34.7 Å². The first-order chi connectivity index (χ1) is 6.15. The maximum Gasteiger partial charge on any atom is 0.318 e. The molecule has 1 aliphatic rings. The molecule has 0 bridgehead atoms. The first-order valence-electron chi connectivity index (χ1n) is 3.40. The quantitative estimate of drug-likeness (QED) is 0.394. The normalized spacial score (nSPS) is 15.3. The summed E-state index contributed by atoms with van der Waals surface area (Å²) in [6.45, 7) is -0.324. The summed E-state index contributed by atoms with van der Waals surface area (Å²) < 4.78 is 4.57. The van der Waals surface area contributed by atoms with Gasteiger partial charge in [-0.15, -0.1) is 0 Å². The zero-order chi connectivity index (χ0) is 9.84. The van der Waals surface area contributed by atoms with Crippen LogP contribution in [0.5, 0.6) is 0 Å². The van der Waals surface area contributed by atoms with Crippen molar-refractivity contribution in [3.8, 4) is 0 Å². The van der Waals surface area contributed by atoms with Crippen LogP contribution in [0.15, 0.2) is 12.2 Å². The van der Waals surface area contributed by atoms with E-state index in [0.29, 0.717) is 0 Å². The number of alkyl halides is 1. The maximum atomic E-state index is 10.9. The van der Waals surface area contributed by atoms with Gasteiger partial charge in [-0.1, -0.05) is 15.9 Å². The third kappa shape index (κ3) is 2.38. The van der Waals surface area contributed by atoms with Gasteiger partial charge in [0, 0.05) is 12.2 Å². The van der Waals surface area contributed by atoms with Crippen LogP contribution < -0.4 is 0 Å². The van der Waals surface area contributed by atoms with E-state index in [1.807, 2.05) is 0 Å². The minimum absolute atomic E-state index is 0.0383. The zero-order valence-corrected chi connectivity index (χ0v) is 8.11. The van der Waals surface area contributed by atoms with E-state index in [2.05, 4.69) is 20.7 Å². The molecule has 0 aliphatic carbocycles. The molecular weight excluding hydrogens is 242 g/mol. The van der Waals surface area contributed by atoms with E-state index < -0.39 is 17.8 Å². The average molecular weight is 248 g/mol. The molecule has 0 fully saturated rings. The molecule has 5 nitrogen and oxygen atoms in total. The molecule has 2 amide bonds. The summed E-state index contributed by atoms with van der Waals surface area (Å²) in [6, 6.07) is 0. The molecule has 0 aromatic rings. The van der Waals surface area contributed by atoms with Gasteiger partial charge in [0.25, 0.3) is 11.8 Å². The van der Waals surface area contributed by atoms with Crippen molar-refractivity contribution < 1.29 is 19.1 Å². The molecule has 70 valence electrons. The number of hydrogen-bond acceptors (Lipinski definition) is 4. The van der Waals surface area contributed by atoms with Gasteiger partial charge in [-0.05, 0) is 0 Å². The van der Waals surface area contributed by atoms with Gasteiger partial charge in [-0.25, -0.2) is 4.90 Å². The fourth-order valence-electron chi connectivity index (χ4n) is 0.733. The second kappa shape index (κ2) is 4.18. The van der Waals surface area contributed by atoms with Crippen LogP contribution in [-0.2, 0) is 19.1 Å². The molecule has 1 aliphatic heterocycles. The monoisotopic (exact) mass is 247 g/mol. The van der Waals surface area contributed by atoms with E-state index in [-0.39, 0.29) is 12.1 Å². The van der Waals surface area contributed by atoms with Crippen LogP contribution in [0.1, 0.15) is 0 Å². The topological polar surface area (TPSA) is 63.7 Å². The Balaban J connectivity index is 2.42. The van der Waals surface area contributed by atoms with Gasteiger partial charge in [0.2, 0.25) is 0 Å². The highest BCUT2D eigenvalue weighted by atomic mass is 79.9. The highest BCUT2D eigenvalue weighted by Gasteiger charge is 2.23. The van der Waals surface area contributed by atoms with E-state index in [1.165, 1.54) is 0 Å². The molecule has 0 saturated carbocycles. The third-order valence-electron chi connectivity index (χ3n) is 1.36. The molecule has 1 rings (SSSR count). The van der Waals surface area contributed by atoms with E-state index in [1.54, 1.807) is 0 Å². The van der Waals surface area contributed by atoms with Crippen LogP contribution in [0.3, 0.4) is 0 Å². The number of esters is 1. The number of rotatable bonds is 3. The van der Waals surface area contributed by atoms with Crippen molar-refractivity contribution in [2.45, 2.75) is 0 Å². The summed E-state index contributed by atoms with van der Waals surface area (Å²) in [5.74, 6) is -1.45. The van der Waals surface area contributed by atoms with Crippen LogP contribution >= 0.6 is 15.9 Å². The number of nitrogens with zero attached hydrogens (tertiary/aromatic N) is 1. The number of carbonyl (C=O) groups excluding carboxylic acids is 3. The number of imide groups is 1. The SMILES string of the molecule is O=C(CBr)OCN1C(=O)C=CC1=O. The van der Waals surface area contributed by atoms with Gasteiger partial charge >= 0.3 is 5.97 Å². The fourth-order valence-corrected chi connectivity index (χ4v) is 0.895. The molecule has 0 radical (unpaired) electrons. The molecule has 13 heavy (non-hydrogen) atoms. The Morgan fingerprint density at radius 3 is 2.38 bits per heavy atom. The number of hydrogen-bond donors (Lipinski definition) is 0. The van der Waals surface area contributed by atoms with Gasteiger partial charge in [0.05, 0.1) is 0 Å². The molecule has 0 aromatic carbocycles. The van der Waals surface area contributed by atoms with E-state index in [0.717, 1.165) is 17.1 Å².